The molecule has 0 saturated carbocycles. The van der Waals surface area contributed by atoms with E-state index in [0.717, 1.165) is 19.3 Å². The fourth-order valence-electron chi connectivity index (χ4n) is 1.29. The molecule has 1 atom stereocenters. The first kappa shape index (κ1) is 8.11. The second-order valence-electron chi connectivity index (χ2n) is 2.83. The summed E-state index contributed by atoms with van der Waals surface area (Å²) in [4.78, 5) is 11.9. The Balaban J connectivity index is 2.46. The Morgan fingerprint density at radius 3 is 2.82 bits per heavy atom. The van der Waals surface area contributed by atoms with Crippen molar-refractivity contribution in [2.75, 3.05) is 7.05 Å². The Kier molecular flexibility index (Phi) is 2.52. The molecular weight excluding hydrogens is 142 g/mol. The van der Waals surface area contributed by atoms with Crippen LogP contribution in [0.3, 0.4) is 0 Å². The third-order valence-corrected chi connectivity index (χ3v) is 2.09. The molecule has 3 nitrogen and oxygen atoms in total. The van der Waals surface area contributed by atoms with Gasteiger partial charge in [0.2, 0.25) is 0 Å². The van der Waals surface area contributed by atoms with Gasteiger partial charge in [-0.05, 0) is 19.3 Å². The van der Waals surface area contributed by atoms with E-state index in [4.69, 9.17) is 5.11 Å². The van der Waals surface area contributed by atoms with Crippen molar-refractivity contribution in [3.8, 4) is 0 Å². The normalized spacial score (nSPS) is 23.2. The molecule has 0 fully saturated rings. The molecule has 1 aliphatic carbocycles. The molecule has 3 heteroatoms. The predicted molar refractivity (Wildman–Crippen MR) is 42.6 cm³/mol. The minimum Gasteiger partial charge on any atom is -0.465 e. The average Bonchev–Trinajstić information content (AvgIpc) is 2.05. The molecule has 0 radical (unpaired) electrons. The molecule has 0 saturated heterocycles. The molecule has 0 spiro atoms. The SMILES string of the molecule is CN(C(=O)O)C1CC=CCC1. The zero-order valence-electron chi connectivity index (χ0n) is 6.66. The number of allylic oxidation sites excluding steroid dienone is 1. The fourth-order valence-corrected chi connectivity index (χ4v) is 1.29. The molecule has 0 heterocycles. The van der Waals surface area contributed by atoms with Gasteiger partial charge in [-0.2, -0.15) is 0 Å². The fraction of sp³-hybridized carbons (Fsp3) is 0.625. The summed E-state index contributed by atoms with van der Waals surface area (Å²) in [6.45, 7) is 0. The molecule has 0 aliphatic heterocycles. The van der Waals surface area contributed by atoms with Crippen molar-refractivity contribution in [2.45, 2.75) is 25.3 Å². The maximum absolute atomic E-state index is 10.5. The first-order chi connectivity index (χ1) is 5.22. The Bertz CT molecular complexity index is 177. The minimum absolute atomic E-state index is 0.192. The van der Waals surface area contributed by atoms with E-state index in [9.17, 15) is 4.79 Å². The molecule has 0 bridgehead atoms. The zero-order valence-corrected chi connectivity index (χ0v) is 6.66. The molecule has 1 aliphatic rings. The van der Waals surface area contributed by atoms with Crippen LogP contribution in [0.2, 0.25) is 0 Å². The highest BCUT2D eigenvalue weighted by Gasteiger charge is 2.18. The van der Waals surface area contributed by atoms with Crippen LogP contribution in [0.1, 0.15) is 19.3 Å². The molecule has 1 rings (SSSR count). The van der Waals surface area contributed by atoms with Crippen molar-refractivity contribution in [2.24, 2.45) is 0 Å². The Labute approximate surface area is 66.3 Å². The first-order valence-electron chi connectivity index (χ1n) is 3.82. The van der Waals surface area contributed by atoms with Gasteiger partial charge in [0, 0.05) is 13.1 Å². The average molecular weight is 155 g/mol. The lowest BCUT2D eigenvalue weighted by molar-refractivity contribution is 0.135. The van der Waals surface area contributed by atoms with Crippen molar-refractivity contribution in [3.63, 3.8) is 0 Å². The van der Waals surface area contributed by atoms with Gasteiger partial charge in [-0.1, -0.05) is 12.2 Å². The number of hydrogen-bond acceptors (Lipinski definition) is 1. The molecule has 62 valence electrons. The summed E-state index contributed by atoms with van der Waals surface area (Å²) in [7, 11) is 1.63. The van der Waals surface area contributed by atoms with E-state index in [0.29, 0.717) is 0 Å². The smallest absolute Gasteiger partial charge is 0.407 e. The van der Waals surface area contributed by atoms with Crippen LogP contribution >= 0.6 is 0 Å². The summed E-state index contributed by atoms with van der Waals surface area (Å²) in [5.74, 6) is 0. The van der Waals surface area contributed by atoms with Crippen LogP contribution in [0.5, 0.6) is 0 Å². The van der Waals surface area contributed by atoms with E-state index in [1.165, 1.54) is 4.90 Å². The molecular formula is C8H13NO2. The quantitative estimate of drug-likeness (QED) is 0.585. The molecule has 0 aromatic heterocycles. The topological polar surface area (TPSA) is 40.5 Å². The zero-order chi connectivity index (χ0) is 8.27. The maximum Gasteiger partial charge on any atom is 0.407 e. The molecule has 0 aromatic carbocycles. The van der Waals surface area contributed by atoms with E-state index >= 15 is 0 Å². The van der Waals surface area contributed by atoms with Crippen LogP contribution < -0.4 is 0 Å². The Morgan fingerprint density at radius 2 is 2.36 bits per heavy atom. The largest absolute Gasteiger partial charge is 0.465 e. The second kappa shape index (κ2) is 3.42. The van der Waals surface area contributed by atoms with Crippen LogP contribution in [0.4, 0.5) is 4.79 Å². The summed E-state index contributed by atoms with van der Waals surface area (Å²) >= 11 is 0. The monoisotopic (exact) mass is 155 g/mol. The van der Waals surface area contributed by atoms with Gasteiger partial charge in [0.05, 0.1) is 0 Å². The predicted octanol–water partition coefficient (Wildman–Crippen LogP) is 1.70. The van der Waals surface area contributed by atoms with E-state index in [1.807, 2.05) is 6.08 Å². The second-order valence-corrected chi connectivity index (χ2v) is 2.83. The standard InChI is InChI=1S/C8H13NO2/c1-9(8(10)11)7-5-3-2-4-6-7/h2-3,7H,4-6H2,1H3,(H,10,11). The van der Waals surface area contributed by atoms with Gasteiger partial charge in [0.25, 0.3) is 0 Å². The maximum atomic E-state index is 10.5. The van der Waals surface area contributed by atoms with Crippen molar-refractivity contribution < 1.29 is 9.90 Å². The van der Waals surface area contributed by atoms with Crippen molar-refractivity contribution in [1.82, 2.24) is 4.90 Å². The minimum atomic E-state index is -0.828. The molecule has 1 amide bonds. The Hall–Kier alpha value is -0.990. The molecule has 0 aromatic rings. The summed E-state index contributed by atoms with van der Waals surface area (Å²) in [6, 6.07) is 0.192. The van der Waals surface area contributed by atoms with Crippen LogP contribution in [-0.4, -0.2) is 29.2 Å². The van der Waals surface area contributed by atoms with Crippen LogP contribution in [-0.2, 0) is 0 Å². The lowest BCUT2D eigenvalue weighted by Gasteiger charge is -2.26. The number of rotatable bonds is 1. The first-order valence-corrected chi connectivity index (χ1v) is 3.82. The van der Waals surface area contributed by atoms with Crippen molar-refractivity contribution in [1.29, 1.82) is 0 Å². The number of carboxylic acid groups (broad SMARTS) is 1. The van der Waals surface area contributed by atoms with Gasteiger partial charge >= 0.3 is 6.09 Å². The summed E-state index contributed by atoms with van der Waals surface area (Å²) in [5, 5.41) is 8.64. The van der Waals surface area contributed by atoms with E-state index in [-0.39, 0.29) is 6.04 Å². The summed E-state index contributed by atoms with van der Waals surface area (Å²) < 4.78 is 0. The molecule has 1 N–H and O–H groups in total. The highest BCUT2D eigenvalue weighted by Crippen LogP contribution is 2.15. The van der Waals surface area contributed by atoms with E-state index in [2.05, 4.69) is 6.08 Å². The highest BCUT2D eigenvalue weighted by atomic mass is 16.4. The third-order valence-electron chi connectivity index (χ3n) is 2.09. The van der Waals surface area contributed by atoms with Crippen molar-refractivity contribution in [3.05, 3.63) is 12.2 Å². The van der Waals surface area contributed by atoms with Crippen molar-refractivity contribution >= 4 is 6.09 Å². The van der Waals surface area contributed by atoms with E-state index in [1.54, 1.807) is 7.05 Å². The lowest BCUT2D eigenvalue weighted by atomic mass is 10.0. The number of amides is 1. The van der Waals surface area contributed by atoms with Gasteiger partial charge in [-0.25, -0.2) is 4.79 Å². The lowest BCUT2D eigenvalue weighted by Crippen LogP contribution is -2.36. The number of nitrogens with zero attached hydrogens (tertiary/aromatic N) is 1. The van der Waals surface area contributed by atoms with Gasteiger partial charge in [0.1, 0.15) is 0 Å². The number of carbonyl (C=O) groups is 1. The van der Waals surface area contributed by atoms with E-state index < -0.39 is 6.09 Å². The van der Waals surface area contributed by atoms with Crippen LogP contribution in [0.25, 0.3) is 0 Å². The van der Waals surface area contributed by atoms with Gasteiger partial charge in [-0.3, -0.25) is 0 Å². The van der Waals surface area contributed by atoms with Crippen LogP contribution in [0.15, 0.2) is 12.2 Å². The molecule has 11 heavy (non-hydrogen) atoms. The third kappa shape index (κ3) is 1.97. The number of hydrogen-bond donors (Lipinski definition) is 1. The Morgan fingerprint density at radius 1 is 1.64 bits per heavy atom. The van der Waals surface area contributed by atoms with Gasteiger partial charge < -0.3 is 10.0 Å². The summed E-state index contributed by atoms with van der Waals surface area (Å²) in [5.41, 5.74) is 0. The molecule has 1 unspecified atom stereocenters. The summed E-state index contributed by atoms with van der Waals surface area (Å²) in [6.07, 6.45) is 6.15. The van der Waals surface area contributed by atoms with Gasteiger partial charge in [0.15, 0.2) is 0 Å². The van der Waals surface area contributed by atoms with Crippen LogP contribution in [0, 0.1) is 0 Å². The van der Waals surface area contributed by atoms with Gasteiger partial charge in [-0.15, -0.1) is 0 Å². The highest BCUT2D eigenvalue weighted by molar-refractivity contribution is 5.65.